The molecule has 0 saturated carbocycles. The van der Waals surface area contributed by atoms with Crippen LogP contribution in [-0.2, 0) is 4.79 Å². The summed E-state index contributed by atoms with van der Waals surface area (Å²) in [7, 11) is 0. The maximum absolute atomic E-state index is 12.6. The van der Waals surface area contributed by atoms with Crippen molar-refractivity contribution in [2.24, 2.45) is 11.0 Å². The van der Waals surface area contributed by atoms with Crippen molar-refractivity contribution in [2.45, 2.75) is 33.2 Å². The van der Waals surface area contributed by atoms with Gasteiger partial charge in [-0.1, -0.05) is 54.9 Å². The lowest BCUT2D eigenvalue weighted by Crippen LogP contribution is -2.48. The summed E-state index contributed by atoms with van der Waals surface area (Å²) in [6.45, 7) is 6.35. The Morgan fingerprint density at radius 1 is 1.17 bits per heavy atom. The summed E-state index contributed by atoms with van der Waals surface area (Å²) in [6.07, 6.45) is 2.42. The molecule has 0 radical (unpaired) electrons. The predicted octanol–water partition coefficient (Wildman–Crippen LogP) is 4.14. The lowest BCUT2D eigenvalue weighted by Gasteiger charge is -2.20. The van der Waals surface area contributed by atoms with E-state index in [1.54, 1.807) is 24.3 Å². The molecular weight excluding hydrogens is 434 g/mol. The number of hydrazone groups is 1. The number of nitrogens with one attached hydrogen (secondary N) is 2. The molecule has 7 heteroatoms. The summed E-state index contributed by atoms with van der Waals surface area (Å²) in [5, 5.41) is 6.83. The Hall–Kier alpha value is -2.67. The normalized spacial score (nSPS) is 12.0. The number of hydrogen-bond acceptors (Lipinski definition) is 4. The third-order valence-electron chi connectivity index (χ3n) is 4.08. The van der Waals surface area contributed by atoms with Gasteiger partial charge in [0.1, 0.15) is 11.8 Å². The highest BCUT2D eigenvalue weighted by Gasteiger charge is 2.24. The van der Waals surface area contributed by atoms with E-state index in [1.165, 1.54) is 6.21 Å². The number of carbonyl (C=O) groups is 2. The molecule has 0 aliphatic rings. The maximum atomic E-state index is 12.6. The van der Waals surface area contributed by atoms with Crippen LogP contribution >= 0.6 is 15.9 Å². The van der Waals surface area contributed by atoms with E-state index >= 15 is 0 Å². The number of rotatable bonds is 9. The average molecular weight is 460 g/mol. The zero-order chi connectivity index (χ0) is 21.2. The van der Waals surface area contributed by atoms with Gasteiger partial charge in [-0.05, 0) is 42.7 Å². The first-order chi connectivity index (χ1) is 13.9. The monoisotopic (exact) mass is 459 g/mol. The van der Waals surface area contributed by atoms with Gasteiger partial charge < -0.3 is 10.1 Å². The lowest BCUT2D eigenvalue weighted by molar-refractivity contribution is -0.123. The summed E-state index contributed by atoms with van der Waals surface area (Å²) < 4.78 is 6.58. The minimum atomic E-state index is -0.710. The smallest absolute Gasteiger partial charge is 0.262 e. The van der Waals surface area contributed by atoms with Crippen molar-refractivity contribution in [3.05, 3.63) is 64.1 Å². The number of ether oxygens (including phenoxy) is 1. The van der Waals surface area contributed by atoms with E-state index < -0.39 is 6.04 Å². The highest BCUT2D eigenvalue weighted by Crippen LogP contribution is 2.22. The minimum Gasteiger partial charge on any atom is -0.493 e. The molecule has 154 valence electrons. The van der Waals surface area contributed by atoms with Gasteiger partial charge in [0, 0.05) is 15.6 Å². The van der Waals surface area contributed by atoms with Crippen LogP contribution in [0.3, 0.4) is 0 Å². The zero-order valence-corrected chi connectivity index (χ0v) is 18.4. The fraction of sp³-hybridized carbons (Fsp3) is 0.318. The number of benzene rings is 2. The fourth-order valence-electron chi connectivity index (χ4n) is 2.55. The highest BCUT2D eigenvalue weighted by atomic mass is 79.9. The van der Waals surface area contributed by atoms with E-state index in [9.17, 15) is 9.59 Å². The minimum absolute atomic E-state index is 0.104. The second-order valence-corrected chi connectivity index (χ2v) is 7.74. The van der Waals surface area contributed by atoms with Gasteiger partial charge in [-0.2, -0.15) is 5.10 Å². The summed E-state index contributed by atoms with van der Waals surface area (Å²) in [5.41, 5.74) is 3.76. The van der Waals surface area contributed by atoms with Gasteiger partial charge in [0.15, 0.2) is 0 Å². The van der Waals surface area contributed by atoms with Crippen LogP contribution < -0.4 is 15.5 Å². The molecule has 2 N–H and O–H groups in total. The van der Waals surface area contributed by atoms with Crippen LogP contribution in [0, 0.1) is 5.92 Å². The van der Waals surface area contributed by atoms with Crippen LogP contribution in [0.15, 0.2) is 58.1 Å². The molecule has 0 bridgehead atoms. The van der Waals surface area contributed by atoms with Crippen molar-refractivity contribution in [2.75, 3.05) is 6.61 Å². The second-order valence-electron chi connectivity index (χ2n) is 6.83. The van der Waals surface area contributed by atoms with Crippen molar-refractivity contribution in [1.82, 2.24) is 10.7 Å². The van der Waals surface area contributed by atoms with E-state index in [-0.39, 0.29) is 17.7 Å². The number of amides is 2. The van der Waals surface area contributed by atoms with Crippen LogP contribution in [0.1, 0.15) is 43.1 Å². The van der Waals surface area contributed by atoms with Gasteiger partial charge in [0.05, 0.1) is 12.8 Å². The Labute approximate surface area is 179 Å². The van der Waals surface area contributed by atoms with E-state index in [1.807, 2.05) is 45.0 Å². The van der Waals surface area contributed by atoms with Crippen molar-refractivity contribution < 1.29 is 14.3 Å². The van der Waals surface area contributed by atoms with E-state index in [2.05, 4.69) is 31.8 Å². The molecule has 1 atom stereocenters. The molecule has 2 rings (SSSR count). The SMILES string of the molecule is CCCOc1ccc(Br)cc1/C=N/NC(=O)C(NC(=O)c1ccccc1)C(C)C. The van der Waals surface area contributed by atoms with Crippen LogP contribution in [0.5, 0.6) is 5.75 Å². The van der Waals surface area contributed by atoms with Gasteiger partial charge in [-0.15, -0.1) is 0 Å². The maximum Gasteiger partial charge on any atom is 0.262 e. The Morgan fingerprint density at radius 2 is 1.90 bits per heavy atom. The molecule has 0 saturated heterocycles. The first-order valence-corrected chi connectivity index (χ1v) is 10.3. The van der Waals surface area contributed by atoms with Crippen LogP contribution in [0.4, 0.5) is 0 Å². The summed E-state index contributed by atoms with van der Waals surface area (Å²) >= 11 is 3.42. The van der Waals surface area contributed by atoms with E-state index in [0.717, 1.165) is 16.5 Å². The molecule has 2 aromatic rings. The quantitative estimate of drug-likeness (QED) is 0.436. The second kappa shape index (κ2) is 11.4. The number of carbonyl (C=O) groups excluding carboxylic acids is 2. The molecule has 6 nitrogen and oxygen atoms in total. The number of hydrogen-bond donors (Lipinski definition) is 2. The molecule has 0 spiro atoms. The summed E-state index contributed by atoms with van der Waals surface area (Å²) in [5.74, 6) is -0.102. The van der Waals surface area contributed by atoms with Crippen LogP contribution in [-0.4, -0.2) is 30.7 Å². The van der Waals surface area contributed by atoms with Gasteiger partial charge in [-0.3, -0.25) is 9.59 Å². The van der Waals surface area contributed by atoms with Crippen molar-refractivity contribution in [3.8, 4) is 5.75 Å². The molecule has 0 aliphatic heterocycles. The standard InChI is InChI=1S/C22H26BrN3O3/c1-4-12-29-19-11-10-18(23)13-17(19)14-24-26-22(28)20(15(2)3)25-21(27)16-8-6-5-7-9-16/h5-11,13-15,20H,4,12H2,1-3H3,(H,25,27)(H,26,28)/b24-14+. The topological polar surface area (TPSA) is 79.8 Å². The first kappa shape index (κ1) is 22.6. The van der Waals surface area contributed by atoms with Gasteiger partial charge in [0.25, 0.3) is 11.8 Å². The van der Waals surface area contributed by atoms with Gasteiger partial charge in [0.2, 0.25) is 0 Å². The van der Waals surface area contributed by atoms with Crippen LogP contribution in [0.2, 0.25) is 0 Å². The Balaban J connectivity index is 2.05. The molecule has 0 aromatic heterocycles. The van der Waals surface area contributed by atoms with Crippen molar-refractivity contribution in [1.29, 1.82) is 0 Å². The first-order valence-electron chi connectivity index (χ1n) is 9.53. The van der Waals surface area contributed by atoms with Crippen LogP contribution in [0.25, 0.3) is 0 Å². The van der Waals surface area contributed by atoms with E-state index in [0.29, 0.717) is 17.9 Å². The van der Waals surface area contributed by atoms with Crippen molar-refractivity contribution >= 4 is 34.0 Å². The van der Waals surface area contributed by atoms with E-state index in [4.69, 9.17) is 4.74 Å². The third-order valence-corrected chi connectivity index (χ3v) is 4.58. The summed E-state index contributed by atoms with van der Waals surface area (Å²) in [4.78, 5) is 25.0. The highest BCUT2D eigenvalue weighted by molar-refractivity contribution is 9.10. The number of nitrogens with zero attached hydrogens (tertiary/aromatic N) is 1. The summed E-state index contributed by atoms with van der Waals surface area (Å²) in [6, 6.07) is 13.7. The Kier molecular flexibility index (Phi) is 8.86. The molecule has 2 amide bonds. The third kappa shape index (κ3) is 7.02. The molecule has 0 heterocycles. The predicted molar refractivity (Wildman–Crippen MR) is 118 cm³/mol. The molecule has 29 heavy (non-hydrogen) atoms. The molecule has 0 aliphatic carbocycles. The fourth-order valence-corrected chi connectivity index (χ4v) is 2.93. The molecule has 2 aromatic carbocycles. The largest absolute Gasteiger partial charge is 0.493 e. The molecule has 0 fully saturated rings. The van der Waals surface area contributed by atoms with Crippen molar-refractivity contribution in [3.63, 3.8) is 0 Å². The van der Waals surface area contributed by atoms with Gasteiger partial charge in [-0.25, -0.2) is 5.43 Å². The lowest BCUT2D eigenvalue weighted by atomic mass is 10.0. The number of halogens is 1. The average Bonchev–Trinajstić information content (AvgIpc) is 2.71. The Morgan fingerprint density at radius 3 is 2.55 bits per heavy atom. The molecular formula is C22H26BrN3O3. The Bertz CT molecular complexity index is 854. The zero-order valence-electron chi connectivity index (χ0n) is 16.8. The van der Waals surface area contributed by atoms with Gasteiger partial charge >= 0.3 is 0 Å². The molecule has 1 unspecified atom stereocenters.